The molecule has 4 nitrogen and oxygen atoms in total. The smallest absolute Gasteiger partial charge is 0.191 e. The summed E-state index contributed by atoms with van der Waals surface area (Å²) in [4.78, 5) is 0. The van der Waals surface area contributed by atoms with Crippen LogP contribution in [0.1, 0.15) is 64.2 Å². The number of hydrogen-bond donors (Lipinski definition) is 1. The van der Waals surface area contributed by atoms with E-state index in [0.717, 1.165) is 11.0 Å². The second-order valence-corrected chi connectivity index (χ2v) is 7.91. The minimum atomic E-state index is 0.00174. The topological polar surface area (TPSA) is 50.9 Å². The second kappa shape index (κ2) is 5.09. The third-order valence-electron chi connectivity index (χ3n) is 4.35. The summed E-state index contributed by atoms with van der Waals surface area (Å²) in [5.41, 5.74) is 0.511. The van der Waals surface area contributed by atoms with Crippen LogP contribution in [-0.2, 0) is 6.61 Å². The molecule has 1 N–H and O–H groups in total. The van der Waals surface area contributed by atoms with E-state index in [1.54, 1.807) is 0 Å². The number of thioether (sulfide) groups is 1. The van der Waals surface area contributed by atoms with Gasteiger partial charge in [-0.1, -0.05) is 25.6 Å². The molecule has 5 heteroatoms. The monoisotopic (exact) mass is 281 g/mol. The van der Waals surface area contributed by atoms with E-state index >= 15 is 0 Å². The minimum Gasteiger partial charge on any atom is -0.388 e. The van der Waals surface area contributed by atoms with Crippen molar-refractivity contribution in [2.45, 2.75) is 75.4 Å². The second-order valence-electron chi connectivity index (χ2n) is 6.64. The van der Waals surface area contributed by atoms with Crippen LogP contribution < -0.4 is 0 Å². The first-order valence-corrected chi connectivity index (χ1v) is 8.18. The highest BCUT2D eigenvalue weighted by atomic mass is 32.2. The summed E-state index contributed by atoms with van der Waals surface area (Å²) in [6.45, 7) is 4.73. The summed E-state index contributed by atoms with van der Waals surface area (Å²) < 4.78 is 2.17. The van der Waals surface area contributed by atoms with Crippen LogP contribution in [0.15, 0.2) is 5.16 Å². The molecule has 3 rings (SSSR count). The molecule has 0 saturated heterocycles. The number of hydrogen-bond acceptors (Lipinski definition) is 4. The standard InChI is InChI=1S/C14H23N3OS/c1-14(2)7-5-11(6-8-14)19-13-16-15-12(9-18)17(13)10-3-4-10/h10-11,18H,3-9H2,1-2H3. The Balaban J connectivity index is 1.68. The molecule has 0 bridgehead atoms. The fraction of sp³-hybridized carbons (Fsp3) is 0.857. The molecule has 0 aromatic carbocycles. The van der Waals surface area contributed by atoms with Crippen molar-refractivity contribution in [3.8, 4) is 0 Å². The van der Waals surface area contributed by atoms with E-state index in [1.165, 1.54) is 38.5 Å². The average Bonchev–Trinajstić information content (AvgIpc) is 3.14. The highest BCUT2D eigenvalue weighted by molar-refractivity contribution is 7.99. The number of aliphatic hydroxyl groups excluding tert-OH is 1. The molecule has 2 aliphatic rings. The average molecular weight is 281 g/mol. The Morgan fingerprint density at radius 3 is 2.47 bits per heavy atom. The number of rotatable bonds is 4. The van der Waals surface area contributed by atoms with E-state index < -0.39 is 0 Å². The Bertz CT molecular complexity index is 444. The first-order chi connectivity index (χ1) is 9.09. The van der Waals surface area contributed by atoms with Crippen molar-refractivity contribution in [2.24, 2.45) is 5.41 Å². The van der Waals surface area contributed by atoms with Gasteiger partial charge in [0.1, 0.15) is 6.61 Å². The molecule has 0 unspecified atom stereocenters. The maximum Gasteiger partial charge on any atom is 0.191 e. The van der Waals surface area contributed by atoms with Crippen molar-refractivity contribution in [1.29, 1.82) is 0 Å². The lowest BCUT2D eigenvalue weighted by molar-refractivity contribution is 0.249. The third-order valence-corrected chi connectivity index (χ3v) is 5.64. The van der Waals surface area contributed by atoms with Crippen LogP contribution >= 0.6 is 11.8 Å². The number of nitrogens with zero attached hydrogens (tertiary/aromatic N) is 3. The van der Waals surface area contributed by atoms with Gasteiger partial charge in [0.2, 0.25) is 0 Å². The van der Waals surface area contributed by atoms with Gasteiger partial charge in [0, 0.05) is 11.3 Å². The summed E-state index contributed by atoms with van der Waals surface area (Å²) in [6.07, 6.45) is 7.55. The summed E-state index contributed by atoms with van der Waals surface area (Å²) in [6, 6.07) is 0.541. The first kappa shape index (κ1) is 13.4. The molecule has 1 aromatic heterocycles. The third kappa shape index (κ3) is 2.97. The lowest BCUT2D eigenvalue weighted by Crippen LogP contribution is -2.22. The first-order valence-electron chi connectivity index (χ1n) is 7.30. The SMILES string of the molecule is CC1(C)CCC(Sc2nnc(CO)n2C2CC2)CC1. The Morgan fingerprint density at radius 1 is 1.21 bits per heavy atom. The fourth-order valence-corrected chi connectivity index (χ4v) is 4.06. The zero-order chi connectivity index (χ0) is 13.5. The van der Waals surface area contributed by atoms with E-state index in [4.69, 9.17) is 0 Å². The van der Waals surface area contributed by atoms with Crippen molar-refractivity contribution < 1.29 is 5.11 Å². The van der Waals surface area contributed by atoms with Gasteiger partial charge in [-0.25, -0.2) is 0 Å². The van der Waals surface area contributed by atoms with Gasteiger partial charge in [-0.3, -0.25) is 0 Å². The van der Waals surface area contributed by atoms with Crippen LogP contribution in [0.4, 0.5) is 0 Å². The van der Waals surface area contributed by atoms with E-state index in [2.05, 4.69) is 28.6 Å². The van der Waals surface area contributed by atoms with E-state index in [1.807, 2.05) is 11.8 Å². The van der Waals surface area contributed by atoms with Crippen LogP contribution in [0, 0.1) is 5.41 Å². The van der Waals surface area contributed by atoms with Gasteiger partial charge in [-0.05, 0) is 43.9 Å². The van der Waals surface area contributed by atoms with Gasteiger partial charge in [0.25, 0.3) is 0 Å². The molecule has 0 spiro atoms. The number of aromatic nitrogens is 3. The quantitative estimate of drug-likeness (QED) is 0.921. The predicted octanol–water partition coefficient (Wildman–Crippen LogP) is 3.17. The molecule has 0 radical (unpaired) electrons. The molecule has 19 heavy (non-hydrogen) atoms. The molecule has 2 aliphatic carbocycles. The van der Waals surface area contributed by atoms with Gasteiger partial charge in [-0.2, -0.15) is 0 Å². The van der Waals surface area contributed by atoms with E-state index in [0.29, 0.717) is 16.7 Å². The molecule has 106 valence electrons. The van der Waals surface area contributed by atoms with Crippen LogP contribution in [0.3, 0.4) is 0 Å². The van der Waals surface area contributed by atoms with Crippen molar-refractivity contribution in [1.82, 2.24) is 14.8 Å². The Hall–Kier alpha value is -0.550. The highest BCUT2D eigenvalue weighted by Gasteiger charge is 2.32. The molecule has 0 aliphatic heterocycles. The van der Waals surface area contributed by atoms with Crippen LogP contribution in [-0.4, -0.2) is 25.1 Å². The summed E-state index contributed by atoms with van der Waals surface area (Å²) in [7, 11) is 0. The van der Waals surface area contributed by atoms with Gasteiger partial charge in [0.05, 0.1) is 0 Å². The van der Waals surface area contributed by atoms with Crippen molar-refractivity contribution in [3.63, 3.8) is 0 Å². The fourth-order valence-electron chi connectivity index (χ4n) is 2.83. The van der Waals surface area contributed by atoms with Crippen molar-refractivity contribution in [3.05, 3.63) is 5.82 Å². The lowest BCUT2D eigenvalue weighted by atomic mass is 9.77. The largest absolute Gasteiger partial charge is 0.388 e. The van der Waals surface area contributed by atoms with E-state index in [-0.39, 0.29) is 6.61 Å². The maximum atomic E-state index is 9.35. The van der Waals surface area contributed by atoms with Crippen LogP contribution in [0.2, 0.25) is 0 Å². The zero-order valence-electron chi connectivity index (χ0n) is 11.8. The Kier molecular flexibility index (Phi) is 3.60. The lowest BCUT2D eigenvalue weighted by Gasteiger charge is -2.33. The Morgan fingerprint density at radius 2 is 1.89 bits per heavy atom. The molecule has 0 amide bonds. The zero-order valence-corrected chi connectivity index (χ0v) is 12.6. The van der Waals surface area contributed by atoms with Crippen LogP contribution in [0.25, 0.3) is 0 Å². The molecular weight excluding hydrogens is 258 g/mol. The normalized spacial score (nSPS) is 23.7. The molecular formula is C14H23N3OS. The maximum absolute atomic E-state index is 9.35. The van der Waals surface area contributed by atoms with Crippen molar-refractivity contribution >= 4 is 11.8 Å². The predicted molar refractivity (Wildman–Crippen MR) is 76.1 cm³/mol. The van der Waals surface area contributed by atoms with Gasteiger partial charge in [-0.15, -0.1) is 10.2 Å². The van der Waals surface area contributed by atoms with Crippen LogP contribution in [0.5, 0.6) is 0 Å². The number of aliphatic hydroxyl groups is 1. The molecule has 2 saturated carbocycles. The summed E-state index contributed by atoms with van der Waals surface area (Å²) in [5.74, 6) is 0.737. The van der Waals surface area contributed by atoms with Crippen molar-refractivity contribution in [2.75, 3.05) is 0 Å². The Labute approximate surface area is 119 Å². The molecule has 1 aromatic rings. The van der Waals surface area contributed by atoms with Gasteiger partial charge in [0.15, 0.2) is 11.0 Å². The highest BCUT2D eigenvalue weighted by Crippen LogP contribution is 2.44. The summed E-state index contributed by atoms with van der Waals surface area (Å²) >= 11 is 1.87. The minimum absolute atomic E-state index is 0.00174. The molecule has 1 heterocycles. The molecule has 2 fully saturated rings. The van der Waals surface area contributed by atoms with E-state index in [9.17, 15) is 5.11 Å². The van der Waals surface area contributed by atoms with Gasteiger partial charge >= 0.3 is 0 Å². The summed E-state index contributed by atoms with van der Waals surface area (Å²) in [5, 5.41) is 19.5. The molecule has 0 atom stereocenters. The van der Waals surface area contributed by atoms with Gasteiger partial charge < -0.3 is 9.67 Å².